The highest BCUT2D eigenvalue weighted by molar-refractivity contribution is 6.31. The van der Waals surface area contributed by atoms with Gasteiger partial charge in [0.05, 0.1) is 0 Å². The number of hydrogen-bond donors (Lipinski definition) is 0. The van der Waals surface area contributed by atoms with E-state index in [1.54, 1.807) is 0 Å². The molecule has 0 aromatic heterocycles. The van der Waals surface area contributed by atoms with Crippen molar-refractivity contribution in [1.82, 2.24) is 4.90 Å². The van der Waals surface area contributed by atoms with E-state index in [4.69, 9.17) is 11.6 Å². The fourth-order valence-corrected chi connectivity index (χ4v) is 6.08. The average molecular weight is 422 g/mol. The number of piperidine rings is 1. The molecule has 4 rings (SSSR count). The molecule has 156 valence electrons. The van der Waals surface area contributed by atoms with Gasteiger partial charge in [0.1, 0.15) is 0 Å². The van der Waals surface area contributed by atoms with E-state index >= 15 is 0 Å². The van der Waals surface area contributed by atoms with Crippen LogP contribution in [0, 0.1) is 5.41 Å². The van der Waals surface area contributed by atoms with Crippen LogP contribution in [0.4, 0.5) is 0 Å². The first-order valence-electron chi connectivity index (χ1n) is 11.4. The Morgan fingerprint density at radius 3 is 2.29 bits per heavy atom. The minimum Gasteiger partial charge on any atom is -0.300 e. The smallest absolute Gasteiger partial charge is 0.0446 e. The van der Waals surface area contributed by atoms with Crippen molar-refractivity contribution in [1.29, 1.82) is 0 Å². The molecule has 1 heterocycles. The van der Waals surface area contributed by atoms with E-state index in [-0.39, 0.29) is 12.4 Å². The minimum absolute atomic E-state index is 0. The maximum absolute atomic E-state index is 6.63. The number of nitrogens with zero attached hydrogens (tertiary/aromatic N) is 1. The number of rotatable bonds is 4. The number of likely N-dealkylation sites (tertiary alicyclic amines) is 1. The van der Waals surface area contributed by atoms with E-state index in [0.717, 1.165) is 11.6 Å². The summed E-state index contributed by atoms with van der Waals surface area (Å²) in [7, 11) is 0. The van der Waals surface area contributed by atoms with Crippen LogP contribution >= 0.6 is 24.0 Å². The summed E-state index contributed by atoms with van der Waals surface area (Å²) in [5.41, 5.74) is 3.34. The zero-order valence-electron chi connectivity index (χ0n) is 17.3. The van der Waals surface area contributed by atoms with Crippen LogP contribution in [0.15, 0.2) is 24.3 Å². The van der Waals surface area contributed by atoms with Gasteiger partial charge in [0.25, 0.3) is 0 Å². The highest BCUT2D eigenvalue weighted by Crippen LogP contribution is 2.44. The first-order valence-corrected chi connectivity index (χ1v) is 11.8. The molecule has 1 saturated heterocycles. The van der Waals surface area contributed by atoms with Gasteiger partial charge in [-0.25, -0.2) is 0 Å². The summed E-state index contributed by atoms with van der Waals surface area (Å²) >= 11 is 6.63. The molecule has 0 bridgehead atoms. The van der Waals surface area contributed by atoms with Crippen LogP contribution in [0.1, 0.15) is 94.1 Å². The Kier molecular flexibility index (Phi) is 8.33. The van der Waals surface area contributed by atoms with Crippen molar-refractivity contribution in [2.45, 2.75) is 83.0 Å². The Bertz CT molecular complexity index is 632. The van der Waals surface area contributed by atoms with Gasteiger partial charge in [0, 0.05) is 11.6 Å². The molecule has 0 radical (unpaired) electrons. The summed E-state index contributed by atoms with van der Waals surface area (Å²) in [6, 6.07) is 6.72. The van der Waals surface area contributed by atoms with Gasteiger partial charge in [0.15, 0.2) is 0 Å². The molecule has 1 spiro atoms. The van der Waals surface area contributed by atoms with Crippen LogP contribution in [0.5, 0.6) is 0 Å². The number of halogens is 2. The highest BCUT2D eigenvalue weighted by Gasteiger charge is 2.34. The molecule has 3 fully saturated rings. The fourth-order valence-electron chi connectivity index (χ4n) is 5.74. The van der Waals surface area contributed by atoms with E-state index < -0.39 is 0 Å². The third kappa shape index (κ3) is 5.55. The van der Waals surface area contributed by atoms with E-state index in [1.165, 1.54) is 101 Å². The van der Waals surface area contributed by atoms with Crippen molar-refractivity contribution in [3.05, 3.63) is 40.4 Å². The molecule has 0 unspecified atom stereocenters. The molecule has 2 aliphatic carbocycles. The maximum Gasteiger partial charge on any atom is 0.0446 e. The minimum atomic E-state index is 0. The lowest BCUT2D eigenvalue weighted by Crippen LogP contribution is -2.41. The third-order valence-electron chi connectivity index (χ3n) is 7.57. The van der Waals surface area contributed by atoms with Crippen LogP contribution < -0.4 is 0 Å². The lowest BCUT2D eigenvalue weighted by Gasteiger charge is -2.44. The van der Waals surface area contributed by atoms with E-state index in [1.807, 2.05) is 0 Å². The molecule has 0 amide bonds. The van der Waals surface area contributed by atoms with Gasteiger partial charge in [-0.2, -0.15) is 0 Å². The molecular formula is C25H37Cl2N. The maximum atomic E-state index is 6.63. The number of benzene rings is 1. The second-order valence-electron chi connectivity index (χ2n) is 9.38. The van der Waals surface area contributed by atoms with Gasteiger partial charge in [-0.05, 0) is 80.1 Å². The summed E-state index contributed by atoms with van der Waals surface area (Å²) in [5, 5.41) is 0.973. The Morgan fingerprint density at radius 1 is 0.929 bits per heavy atom. The van der Waals surface area contributed by atoms with Crippen molar-refractivity contribution in [3.63, 3.8) is 0 Å². The monoisotopic (exact) mass is 421 g/mol. The Balaban J connectivity index is 0.00000225. The van der Waals surface area contributed by atoms with Crippen LogP contribution in [-0.4, -0.2) is 24.5 Å². The summed E-state index contributed by atoms with van der Waals surface area (Å²) in [6.45, 7) is 3.65. The topological polar surface area (TPSA) is 3.24 Å². The lowest BCUT2D eigenvalue weighted by molar-refractivity contribution is 0.0738. The summed E-state index contributed by atoms with van der Waals surface area (Å²) in [6.07, 6.45) is 21.6. The van der Waals surface area contributed by atoms with Gasteiger partial charge in [-0.3, -0.25) is 4.90 Å². The molecule has 1 nitrogen and oxygen atoms in total. The zero-order valence-corrected chi connectivity index (χ0v) is 18.9. The highest BCUT2D eigenvalue weighted by atomic mass is 35.5. The lowest BCUT2D eigenvalue weighted by atomic mass is 9.68. The summed E-state index contributed by atoms with van der Waals surface area (Å²) in [5.74, 6) is 0.685. The second-order valence-corrected chi connectivity index (χ2v) is 9.79. The Morgan fingerprint density at radius 2 is 1.61 bits per heavy atom. The van der Waals surface area contributed by atoms with Gasteiger partial charge >= 0.3 is 0 Å². The van der Waals surface area contributed by atoms with Crippen LogP contribution in [-0.2, 0) is 0 Å². The van der Waals surface area contributed by atoms with Gasteiger partial charge in [-0.1, -0.05) is 74.4 Å². The van der Waals surface area contributed by atoms with E-state index in [0.29, 0.717) is 11.3 Å². The fraction of sp³-hybridized carbons (Fsp3) is 0.680. The van der Waals surface area contributed by atoms with Crippen molar-refractivity contribution in [2.24, 2.45) is 5.41 Å². The molecule has 1 aromatic carbocycles. The molecule has 3 heteroatoms. The van der Waals surface area contributed by atoms with Crippen LogP contribution in [0.2, 0.25) is 5.02 Å². The average Bonchev–Trinajstić information content (AvgIpc) is 2.71. The third-order valence-corrected chi connectivity index (χ3v) is 7.90. The molecule has 0 N–H and O–H groups in total. The van der Waals surface area contributed by atoms with Crippen LogP contribution in [0.25, 0.3) is 6.08 Å². The Labute approximate surface area is 183 Å². The summed E-state index contributed by atoms with van der Waals surface area (Å²) in [4.78, 5) is 2.63. The Hall–Kier alpha value is -0.500. The van der Waals surface area contributed by atoms with Crippen LogP contribution in [0.3, 0.4) is 0 Å². The van der Waals surface area contributed by atoms with E-state index in [9.17, 15) is 0 Å². The van der Waals surface area contributed by atoms with E-state index in [2.05, 4.69) is 35.3 Å². The molecule has 2 saturated carbocycles. The van der Waals surface area contributed by atoms with Crippen molar-refractivity contribution >= 4 is 30.1 Å². The molecule has 0 atom stereocenters. The summed E-state index contributed by atoms with van der Waals surface area (Å²) < 4.78 is 0. The molecule has 1 aromatic rings. The van der Waals surface area contributed by atoms with Crippen molar-refractivity contribution in [3.8, 4) is 0 Å². The SMILES string of the molecule is Cl.Clc1cc(C=CCN2CCC3(CCCCC3)CC2)ccc1C1CCCCC1. The first-order chi connectivity index (χ1) is 13.2. The predicted molar refractivity (Wildman–Crippen MR) is 125 cm³/mol. The molecule has 3 aliphatic rings. The normalized spacial score (nSPS) is 23.8. The molecule has 28 heavy (non-hydrogen) atoms. The standard InChI is InChI=1S/C25H36ClN.ClH/c26-24-20-21(11-12-23(24)22-9-3-1-4-10-22)8-7-17-27-18-15-25(16-19-27)13-5-2-6-14-25;/h7-8,11-12,20,22H,1-6,9-10,13-19H2;1H. The second kappa shape index (κ2) is 10.5. The van der Waals surface area contributed by atoms with Gasteiger partial charge in [0.2, 0.25) is 0 Å². The quantitative estimate of drug-likeness (QED) is 0.477. The molecular weight excluding hydrogens is 385 g/mol. The van der Waals surface area contributed by atoms with Crippen molar-refractivity contribution < 1.29 is 0 Å². The molecule has 1 aliphatic heterocycles. The van der Waals surface area contributed by atoms with Gasteiger partial charge < -0.3 is 0 Å². The number of hydrogen-bond acceptors (Lipinski definition) is 1. The zero-order chi connectivity index (χ0) is 18.5. The van der Waals surface area contributed by atoms with Crippen molar-refractivity contribution in [2.75, 3.05) is 19.6 Å². The first kappa shape index (κ1) is 22.2. The largest absolute Gasteiger partial charge is 0.300 e. The van der Waals surface area contributed by atoms with Gasteiger partial charge in [-0.15, -0.1) is 12.4 Å². The predicted octanol–water partition coefficient (Wildman–Crippen LogP) is 7.87.